The van der Waals surface area contributed by atoms with Crippen molar-refractivity contribution in [2.75, 3.05) is 13.2 Å². The molecule has 0 saturated heterocycles. The molecule has 1 heterocycles. The molecular weight excluding hydrogens is 341 g/mol. The molecule has 26 heavy (non-hydrogen) atoms. The third-order valence-electron chi connectivity index (χ3n) is 3.83. The van der Waals surface area contributed by atoms with Gasteiger partial charge in [-0.3, -0.25) is 14.6 Å². The Hall–Kier alpha value is -2.90. The minimum Gasteiger partial charge on any atom is -0.494 e. The number of amides is 1. The molecule has 7 nitrogen and oxygen atoms in total. The molecule has 0 atom stereocenters. The van der Waals surface area contributed by atoms with Gasteiger partial charge in [-0.05, 0) is 50.5 Å². The quantitative estimate of drug-likeness (QED) is 0.586. The van der Waals surface area contributed by atoms with Crippen LogP contribution in [0.5, 0.6) is 5.75 Å². The SMILES string of the molecule is Cc1[nH]c(=O)[nH]c(=O)c1CCC(=O)NCCCCOc1ccc(F)cc1. The van der Waals surface area contributed by atoms with E-state index in [9.17, 15) is 18.8 Å². The molecule has 2 aromatic rings. The van der Waals surface area contributed by atoms with Gasteiger partial charge in [-0.1, -0.05) is 0 Å². The topological polar surface area (TPSA) is 104 Å². The first kappa shape index (κ1) is 19.4. The molecule has 0 unspecified atom stereocenters. The summed E-state index contributed by atoms with van der Waals surface area (Å²) < 4.78 is 18.2. The zero-order chi connectivity index (χ0) is 18.9. The van der Waals surface area contributed by atoms with Crippen LogP contribution in [0.4, 0.5) is 4.39 Å². The van der Waals surface area contributed by atoms with E-state index in [4.69, 9.17) is 4.74 Å². The van der Waals surface area contributed by atoms with Crippen molar-refractivity contribution in [3.05, 3.63) is 62.2 Å². The van der Waals surface area contributed by atoms with Crippen molar-refractivity contribution < 1.29 is 13.9 Å². The molecule has 0 fully saturated rings. The number of hydrogen-bond donors (Lipinski definition) is 3. The minimum atomic E-state index is -0.552. The fraction of sp³-hybridized carbons (Fsp3) is 0.389. The lowest BCUT2D eigenvalue weighted by Gasteiger charge is -2.08. The third-order valence-corrected chi connectivity index (χ3v) is 3.83. The van der Waals surface area contributed by atoms with E-state index >= 15 is 0 Å². The number of ether oxygens (including phenoxy) is 1. The molecule has 3 N–H and O–H groups in total. The van der Waals surface area contributed by atoms with Gasteiger partial charge < -0.3 is 15.0 Å². The predicted molar refractivity (Wildman–Crippen MR) is 94.9 cm³/mol. The lowest BCUT2D eigenvalue weighted by atomic mass is 10.1. The van der Waals surface area contributed by atoms with Crippen LogP contribution in [0.25, 0.3) is 0 Å². The van der Waals surface area contributed by atoms with Crippen LogP contribution in [-0.2, 0) is 11.2 Å². The molecule has 8 heteroatoms. The number of carbonyl (C=O) groups excluding carboxylic acids is 1. The van der Waals surface area contributed by atoms with Crippen LogP contribution in [0.15, 0.2) is 33.9 Å². The van der Waals surface area contributed by atoms with Crippen molar-refractivity contribution in [2.45, 2.75) is 32.6 Å². The fourth-order valence-corrected chi connectivity index (χ4v) is 2.43. The lowest BCUT2D eigenvalue weighted by Crippen LogP contribution is -2.29. The van der Waals surface area contributed by atoms with Gasteiger partial charge in [0.1, 0.15) is 11.6 Å². The fourth-order valence-electron chi connectivity index (χ4n) is 2.43. The molecular formula is C18H22FN3O4. The summed E-state index contributed by atoms with van der Waals surface area (Å²) in [5.41, 5.74) is -0.127. The number of aromatic nitrogens is 2. The third kappa shape index (κ3) is 6.19. The summed E-state index contributed by atoms with van der Waals surface area (Å²) in [6, 6.07) is 5.81. The van der Waals surface area contributed by atoms with Crippen LogP contribution in [0.3, 0.4) is 0 Å². The number of carbonyl (C=O) groups is 1. The Morgan fingerprint density at radius 3 is 2.58 bits per heavy atom. The van der Waals surface area contributed by atoms with Crippen molar-refractivity contribution in [1.82, 2.24) is 15.3 Å². The number of H-pyrrole nitrogens is 2. The van der Waals surface area contributed by atoms with Crippen LogP contribution < -0.4 is 21.3 Å². The van der Waals surface area contributed by atoms with Gasteiger partial charge in [0, 0.05) is 24.2 Å². The maximum Gasteiger partial charge on any atom is 0.325 e. The molecule has 0 aliphatic heterocycles. The molecule has 1 aromatic carbocycles. The maximum atomic E-state index is 12.8. The zero-order valence-electron chi connectivity index (χ0n) is 14.6. The summed E-state index contributed by atoms with van der Waals surface area (Å²) in [6.45, 7) is 2.62. The summed E-state index contributed by atoms with van der Waals surface area (Å²) in [5, 5.41) is 2.78. The second-order valence-electron chi connectivity index (χ2n) is 5.87. The molecule has 0 aliphatic rings. The number of unbranched alkanes of at least 4 members (excludes halogenated alkanes) is 1. The van der Waals surface area contributed by atoms with Crippen LogP contribution in [0.1, 0.15) is 30.5 Å². The summed E-state index contributed by atoms with van der Waals surface area (Å²) in [7, 11) is 0. The first-order chi connectivity index (χ1) is 12.5. The Bertz CT molecular complexity index is 843. The Balaban J connectivity index is 1.61. The highest BCUT2D eigenvalue weighted by Crippen LogP contribution is 2.11. The van der Waals surface area contributed by atoms with E-state index in [-0.39, 0.29) is 24.6 Å². The first-order valence-corrected chi connectivity index (χ1v) is 8.43. The normalized spacial score (nSPS) is 10.5. The standard InChI is InChI=1S/C18H22FN3O4/c1-12-15(17(24)22-18(25)21-12)8-9-16(23)20-10-2-3-11-26-14-6-4-13(19)5-7-14/h4-7H,2-3,8-11H2,1H3,(H,20,23)(H2,21,22,24,25). The van der Waals surface area contributed by atoms with Crippen molar-refractivity contribution >= 4 is 5.91 Å². The second kappa shape index (κ2) is 9.55. The van der Waals surface area contributed by atoms with Gasteiger partial charge in [-0.15, -0.1) is 0 Å². The number of benzene rings is 1. The Labute approximate surface area is 149 Å². The highest BCUT2D eigenvalue weighted by molar-refractivity contribution is 5.76. The highest BCUT2D eigenvalue weighted by Gasteiger charge is 2.08. The van der Waals surface area contributed by atoms with Crippen LogP contribution in [-0.4, -0.2) is 29.0 Å². The van der Waals surface area contributed by atoms with E-state index in [0.717, 1.165) is 12.8 Å². The van der Waals surface area contributed by atoms with E-state index in [0.29, 0.717) is 30.2 Å². The van der Waals surface area contributed by atoms with Gasteiger partial charge in [0.05, 0.1) is 6.61 Å². The molecule has 140 valence electrons. The van der Waals surface area contributed by atoms with Gasteiger partial charge in [0.2, 0.25) is 5.91 Å². The first-order valence-electron chi connectivity index (χ1n) is 8.43. The maximum absolute atomic E-state index is 12.8. The number of hydrogen-bond acceptors (Lipinski definition) is 4. The minimum absolute atomic E-state index is 0.158. The average Bonchev–Trinajstić information content (AvgIpc) is 2.58. The zero-order valence-corrected chi connectivity index (χ0v) is 14.6. The van der Waals surface area contributed by atoms with E-state index in [1.165, 1.54) is 12.1 Å². The smallest absolute Gasteiger partial charge is 0.325 e. The van der Waals surface area contributed by atoms with Crippen LogP contribution >= 0.6 is 0 Å². The number of aromatic amines is 2. The van der Waals surface area contributed by atoms with Gasteiger partial charge in [-0.2, -0.15) is 0 Å². The molecule has 0 bridgehead atoms. The molecule has 0 radical (unpaired) electrons. The van der Waals surface area contributed by atoms with Crippen LogP contribution in [0.2, 0.25) is 0 Å². The summed E-state index contributed by atoms with van der Waals surface area (Å²) in [5.74, 6) is 0.144. The Kier molecular flexibility index (Phi) is 7.13. The molecule has 2 rings (SSSR count). The Morgan fingerprint density at radius 2 is 1.88 bits per heavy atom. The highest BCUT2D eigenvalue weighted by atomic mass is 19.1. The number of nitrogens with one attached hydrogen (secondary N) is 3. The molecule has 0 saturated carbocycles. The van der Waals surface area contributed by atoms with Gasteiger partial charge >= 0.3 is 5.69 Å². The lowest BCUT2D eigenvalue weighted by molar-refractivity contribution is -0.121. The average molecular weight is 363 g/mol. The van der Waals surface area contributed by atoms with E-state index in [2.05, 4.69) is 15.3 Å². The molecule has 1 aromatic heterocycles. The predicted octanol–water partition coefficient (Wildman–Crippen LogP) is 1.42. The van der Waals surface area contributed by atoms with E-state index < -0.39 is 11.2 Å². The van der Waals surface area contributed by atoms with Crippen LogP contribution in [0, 0.1) is 12.7 Å². The van der Waals surface area contributed by atoms with Crippen molar-refractivity contribution in [3.63, 3.8) is 0 Å². The van der Waals surface area contributed by atoms with Gasteiger partial charge in [0.15, 0.2) is 0 Å². The van der Waals surface area contributed by atoms with E-state index in [1.807, 2.05) is 0 Å². The number of aryl methyl sites for hydroxylation is 1. The second-order valence-corrected chi connectivity index (χ2v) is 5.87. The van der Waals surface area contributed by atoms with Gasteiger partial charge in [0.25, 0.3) is 5.56 Å². The molecule has 0 aliphatic carbocycles. The Morgan fingerprint density at radius 1 is 1.15 bits per heavy atom. The number of halogens is 1. The van der Waals surface area contributed by atoms with E-state index in [1.54, 1.807) is 19.1 Å². The molecule has 1 amide bonds. The van der Waals surface area contributed by atoms with Gasteiger partial charge in [-0.25, -0.2) is 9.18 Å². The molecule has 0 spiro atoms. The van der Waals surface area contributed by atoms with Crippen molar-refractivity contribution in [3.8, 4) is 5.75 Å². The summed E-state index contributed by atoms with van der Waals surface area (Å²) >= 11 is 0. The van der Waals surface area contributed by atoms with Crippen molar-refractivity contribution in [2.24, 2.45) is 0 Å². The monoisotopic (exact) mass is 363 g/mol. The summed E-state index contributed by atoms with van der Waals surface area (Å²) in [6.07, 6.45) is 1.92. The number of rotatable bonds is 9. The largest absolute Gasteiger partial charge is 0.494 e. The van der Waals surface area contributed by atoms with Crippen molar-refractivity contribution in [1.29, 1.82) is 0 Å². The summed E-state index contributed by atoms with van der Waals surface area (Å²) in [4.78, 5) is 39.3.